The first-order valence-electron chi connectivity index (χ1n) is 9.99. The predicted octanol–water partition coefficient (Wildman–Crippen LogP) is 3.74. The van der Waals surface area contributed by atoms with Crippen molar-refractivity contribution in [1.29, 1.82) is 0 Å². The highest BCUT2D eigenvalue weighted by atomic mass is 16.2. The van der Waals surface area contributed by atoms with E-state index >= 15 is 0 Å². The molecule has 2 amide bonds. The van der Waals surface area contributed by atoms with E-state index in [1.54, 1.807) is 18.1 Å². The molecular formula is C23H30N6O. The first-order chi connectivity index (χ1) is 14.4. The van der Waals surface area contributed by atoms with Crippen molar-refractivity contribution in [3.8, 4) is 11.1 Å². The number of urea groups is 1. The van der Waals surface area contributed by atoms with E-state index in [9.17, 15) is 4.79 Å². The van der Waals surface area contributed by atoms with Gasteiger partial charge in [0.05, 0.1) is 17.6 Å². The first-order valence-corrected chi connectivity index (χ1v) is 9.99. The fraction of sp³-hybridized carbons (Fsp3) is 0.304. The van der Waals surface area contributed by atoms with Gasteiger partial charge >= 0.3 is 6.03 Å². The highest BCUT2D eigenvalue weighted by Gasteiger charge is 2.15. The van der Waals surface area contributed by atoms with Crippen LogP contribution < -0.4 is 10.2 Å². The molecule has 0 saturated heterocycles. The summed E-state index contributed by atoms with van der Waals surface area (Å²) >= 11 is 0. The Hall–Kier alpha value is -3.32. The van der Waals surface area contributed by atoms with Gasteiger partial charge in [-0.2, -0.15) is 5.10 Å². The SMILES string of the molecule is CN(C)CCN(C)c1cc(-c2cn[nH]c2)ccc1NC(=O)N(C)Cc1ccccc1. The van der Waals surface area contributed by atoms with Gasteiger partial charge in [-0.25, -0.2) is 4.79 Å². The van der Waals surface area contributed by atoms with Crippen LogP contribution in [0.1, 0.15) is 5.56 Å². The summed E-state index contributed by atoms with van der Waals surface area (Å²) in [5.41, 5.74) is 4.90. The number of benzene rings is 2. The smallest absolute Gasteiger partial charge is 0.321 e. The van der Waals surface area contributed by atoms with Crippen molar-refractivity contribution >= 4 is 17.4 Å². The number of carbonyl (C=O) groups is 1. The minimum Gasteiger partial charge on any atom is -0.372 e. The minimum absolute atomic E-state index is 0.142. The zero-order chi connectivity index (χ0) is 21.5. The predicted molar refractivity (Wildman–Crippen MR) is 123 cm³/mol. The van der Waals surface area contributed by atoms with Crippen LogP contribution in [0.25, 0.3) is 11.1 Å². The maximum Gasteiger partial charge on any atom is 0.321 e. The second kappa shape index (κ2) is 9.93. The van der Waals surface area contributed by atoms with Crippen molar-refractivity contribution in [2.45, 2.75) is 6.54 Å². The molecule has 0 spiro atoms. The molecule has 0 aliphatic heterocycles. The van der Waals surface area contributed by atoms with Crippen molar-refractivity contribution < 1.29 is 4.79 Å². The Morgan fingerprint density at radius 1 is 1.00 bits per heavy atom. The maximum absolute atomic E-state index is 12.8. The van der Waals surface area contributed by atoms with Crippen LogP contribution >= 0.6 is 0 Å². The molecule has 7 nitrogen and oxygen atoms in total. The van der Waals surface area contributed by atoms with E-state index in [-0.39, 0.29) is 6.03 Å². The lowest BCUT2D eigenvalue weighted by Crippen LogP contribution is -2.32. The molecule has 0 aliphatic rings. The van der Waals surface area contributed by atoms with Crippen molar-refractivity contribution in [2.75, 3.05) is 51.5 Å². The highest BCUT2D eigenvalue weighted by Crippen LogP contribution is 2.31. The van der Waals surface area contributed by atoms with Gasteiger partial charge in [0.2, 0.25) is 0 Å². The molecule has 3 rings (SSSR count). The number of amides is 2. The number of anilines is 2. The minimum atomic E-state index is -0.142. The molecule has 3 aromatic rings. The van der Waals surface area contributed by atoms with E-state index in [1.165, 1.54) is 0 Å². The molecule has 0 saturated carbocycles. The summed E-state index contributed by atoms with van der Waals surface area (Å²) < 4.78 is 0. The Morgan fingerprint density at radius 2 is 1.77 bits per heavy atom. The van der Waals surface area contributed by atoms with Gasteiger partial charge in [-0.05, 0) is 37.4 Å². The third kappa shape index (κ3) is 5.61. The molecule has 0 fully saturated rings. The fourth-order valence-corrected chi connectivity index (χ4v) is 3.15. The van der Waals surface area contributed by atoms with E-state index in [1.807, 2.05) is 55.7 Å². The molecule has 2 aromatic carbocycles. The average Bonchev–Trinajstić information content (AvgIpc) is 3.28. The number of aromatic nitrogens is 2. The van der Waals surface area contributed by atoms with Crippen LogP contribution in [0.15, 0.2) is 60.9 Å². The number of nitrogens with one attached hydrogen (secondary N) is 2. The second-order valence-electron chi connectivity index (χ2n) is 7.72. The Morgan fingerprint density at radius 3 is 2.43 bits per heavy atom. The summed E-state index contributed by atoms with van der Waals surface area (Å²) in [5, 5.41) is 9.98. The number of H-pyrrole nitrogens is 1. The lowest BCUT2D eigenvalue weighted by Gasteiger charge is -2.26. The summed E-state index contributed by atoms with van der Waals surface area (Å²) in [6, 6.07) is 15.9. The molecule has 0 radical (unpaired) electrons. The third-order valence-corrected chi connectivity index (χ3v) is 4.97. The zero-order valence-corrected chi connectivity index (χ0v) is 18.1. The number of aromatic amines is 1. The van der Waals surface area contributed by atoms with Crippen LogP contribution in [0, 0.1) is 0 Å². The molecule has 1 heterocycles. The molecule has 2 N–H and O–H groups in total. The maximum atomic E-state index is 12.8. The number of hydrogen-bond acceptors (Lipinski definition) is 4. The van der Waals surface area contributed by atoms with Gasteiger partial charge in [-0.15, -0.1) is 0 Å². The largest absolute Gasteiger partial charge is 0.372 e. The number of nitrogens with zero attached hydrogens (tertiary/aromatic N) is 4. The standard InChI is InChI=1S/C23H30N6O/c1-27(2)12-13-28(3)22-14-19(20-15-24-25-16-20)10-11-21(22)26-23(30)29(4)17-18-8-6-5-7-9-18/h5-11,14-16H,12-13,17H2,1-4H3,(H,24,25)(H,26,30). The first kappa shape index (κ1) is 21.4. The Labute approximate surface area is 178 Å². The molecule has 0 aliphatic carbocycles. The van der Waals surface area contributed by atoms with Crippen LogP contribution in [0.4, 0.5) is 16.2 Å². The molecule has 0 bridgehead atoms. The van der Waals surface area contributed by atoms with Crippen LogP contribution in [0.3, 0.4) is 0 Å². The van der Waals surface area contributed by atoms with Gasteiger partial charge in [-0.3, -0.25) is 5.10 Å². The molecule has 30 heavy (non-hydrogen) atoms. The van der Waals surface area contributed by atoms with Crippen molar-refractivity contribution in [1.82, 2.24) is 20.0 Å². The fourth-order valence-electron chi connectivity index (χ4n) is 3.15. The van der Waals surface area contributed by atoms with Crippen LogP contribution in [0.2, 0.25) is 0 Å². The van der Waals surface area contributed by atoms with Crippen molar-refractivity contribution in [3.63, 3.8) is 0 Å². The Bertz CT molecular complexity index is 940. The van der Waals surface area contributed by atoms with Crippen molar-refractivity contribution in [3.05, 3.63) is 66.5 Å². The third-order valence-electron chi connectivity index (χ3n) is 4.97. The molecule has 7 heteroatoms. The second-order valence-corrected chi connectivity index (χ2v) is 7.72. The summed E-state index contributed by atoms with van der Waals surface area (Å²) in [4.78, 5) is 18.8. The molecule has 1 aromatic heterocycles. The van der Waals surface area contributed by atoms with E-state index < -0.39 is 0 Å². The summed E-state index contributed by atoms with van der Waals surface area (Å²) in [5.74, 6) is 0. The van der Waals surface area contributed by atoms with E-state index in [0.29, 0.717) is 6.54 Å². The lowest BCUT2D eigenvalue weighted by atomic mass is 10.1. The summed E-state index contributed by atoms with van der Waals surface area (Å²) in [6.07, 6.45) is 3.66. The van der Waals surface area contributed by atoms with Gasteiger partial charge in [0.1, 0.15) is 0 Å². The van der Waals surface area contributed by atoms with Crippen LogP contribution in [0.5, 0.6) is 0 Å². The number of hydrogen-bond donors (Lipinski definition) is 2. The van der Waals surface area contributed by atoms with Gasteiger partial charge in [-0.1, -0.05) is 36.4 Å². The van der Waals surface area contributed by atoms with Gasteiger partial charge < -0.3 is 20.0 Å². The summed E-state index contributed by atoms with van der Waals surface area (Å²) in [7, 11) is 7.95. The zero-order valence-electron chi connectivity index (χ0n) is 18.1. The number of carbonyl (C=O) groups excluding carboxylic acids is 1. The topological polar surface area (TPSA) is 67.5 Å². The van der Waals surface area contributed by atoms with Crippen LogP contribution in [-0.2, 0) is 6.54 Å². The summed E-state index contributed by atoms with van der Waals surface area (Å²) in [6.45, 7) is 2.30. The normalized spacial score (nSPS) is 10.8. The number of rotatable bonds is 8. The average molecular weight is 407 g/mol. The van der Waals surface area contributed by atoms with Gasteiger partial charge in [0.15, 0.2) is 0 Å². The molecule has 0 atom stereocenters. The van der Waals surface area contributed by atoms with Gasteiger partial charge in [0.25, 0.3) is 0 Å². The number of likely N-dealkylation sites (N-methyl/N-ethyl adjacent to an activating group) is 2. The lowest BCUT2D eigenvalue weighted by molar-refractivity contribution is 0.220. The van der Waals surface area contributed by atoms with Gasteiger partial charge in [0, 0.05) is 45.5 Å². The van der Waals surface area contributed by atoms with Crippen molar-refractivity contribution in [2.24, 2.45) is 0 Å². The quantitative estimate of drug-likeness (QED) is 0.598. The molecule has 158 valence electrons. The molecular weight excluding hydrogens is 376 g/mol. The van der Waals surface area contributed by atoms with E-state index in [2.05, 4.69) is 45.5 Å². The van der Waals surface area contributed by atoms with Crippen LogP contribution in [-0.4, -0.2) is 67.3 Å². The Kier molecular flexibility index (Phi) is 7.08. The van der Waals surface area contributed by atoms with E-state index in [4.69, 9.17) is 0 Å². The molecule has 0 unspecified atom stereocenters. The van der Waals surface area contributed by atoms with E-state index in [0.717, 1.165) is 41.2 Å². The Balaban J connectivity index is 1.80. The monoisotopic (exact) mass is 406 g/mol. The highest BCUT2D eigenvalue weighted by molar-refractivity contribution is 5.94.